The molecular weight excluding hydrogens is 152 g/mol. The Morgan fingerprint density at radius 2 is 2.08 bits per heavy atom. The van der Waals surface area contributed by atoms with Gasteiger partial charge in [0.25, 0.3) is 0 Å². The van der Waals surface area contributed by atoms with Crippen molar-refractivity contribution in [3.63, 3.8) is 0 Å². The van der Waals surface area contributed by atoms with Crippen LogP contribution in [-0.4, -0.2) is 17.1 Å². The van der Waals surface area contributed by atoms with E-state index in [-0.39, 0.29) is 0 Å². The largest absolute Gasteiger partial charge is 0.481 e. The van der Waals surface area contributed by atoms with Gasteiger partial charge in [-0.1, -0.05) is 0 Å². The van der Waals surface area contributed by atoms with Gasteiger partial charge >= 0.3 is 0 Å². The summed E-state index contributed by atoms with van der Waals surface area (Å²) in [6.45, 7) is 0. The lowest BCUT2D eigenvalue weighted by Gasteiger charge is -2.01. The Labute approximate surface area is 70.0 Å². The molecule has 0 N–H and O–H groups in total. The Morgan fingerprint density at radius 3 is 2.92 bits per heavy atom. The van der Waals surface area contributed by atoms with Crippen molar-refractivity contribution in [1.29, 1.82) is 0 Å². The lowest BCUT2D eigenvalue weighted by molar-refractivity contribution is 0.403. The van der Waals surface area contributed by atoms with Crippen molar-refractivity contribution < 1.29 is 4.74 Å². The molecule has 2 rings (SSSR count). The van der Waals surface area contributed by atoms with E-state index in [9.17, 15) is 0 Å². The molecule has 2 aromatic heterocycles. The van der Waals surface area contributed by atoms with Gasteiger partial charge in [0.15, 0.2) is 0 Å². The van der Waals surface area contributed by atoms with Gasteiger partial charge in [-0.15, -0.1) is 0 Å². The van der Waals surface area contributed by atoms with Crippen LogP contribution >= 0.6 is 0 Å². The standard InChI is InChI=1S/C9H8N2O/c1-12-9-8-6-10-4-2-7(8)3-5-11-9/h2-6H,1H3. The van der Waals surface area contributed by atoms with Crippen molar-refractivity contribution in [2.24, 2.45) is 0 Å². The summed E-state index contributed by atoms with van der Waals surface area (Å²) in [6.07, 6.45) is 5.23. The van der Waals surface area contributed by atoms with Crippen LogP contribution < -0.4 is 4.74 Å². The lowest BCUT2D eigenvalue weighted by atomic mass is 10.2. The van der Waals surface area contributed by atoms with Gasteiger partial charge < -0.3 is 4.74 Å². The van der Waals surface area contributed by atoms with E-state index in [4.69, 9.17) is 4.74 Å². The molecule has 2 heterocycles. The Balaban J connectivity index is 2.79. The first-order chi connectivity index (χ1) is 5.92. The summed E-state index contributed by atoms with van der Waals surface area (Å²) in [5, 5.41) is 2.04. The smallest absolute Gasteiger partial charge is 0.222 e. The fourth-order valence-corrected chi connectivity index (χ4v) is 1.15. The Kier molecular flexibility index (Phi) is 1.63. The average molecular weight is 160 g/mol. The lowest BCUT2D eigenvalue weighted by Crippen LogP contribution is -1.88. The highest BCUT2D eigenvalue weighted by Crippen LogP contribution is 2.20. The van der Waals surface area contributed by atoms with E-state index in [2.05, 4.69) is 9.97 Å². The van der Waals surface area contributed by atoms with Crippen molar-refractivity contribution in [3.8, 4) is 5.88 Å². The van der Waals surface area contributed by atoms with Crippen LogP contribution in [-0.2, 0) is 0 Å². The van der Waals surface area contributed by atoms with Crippen molar-refractivity contribution in [2.45, 2.75) is 0 Å². The molecule has 0 bridgehead atoms. The van der Waals surface area contributed by atoms with Crippen LogP contribution in [0.3, 0.4) is 0 Å². The van der Waals surface area contributed by atoms with E-state index in [1.807, 2.05) is 12.1 Å². The molecule has 12 heavy (non-hydrogen) atoms. The minimum atomic E-state index is 0.626. The van der Waals surface area contributed by atoms with Crippen molar-refractivity contribution in [1.82, 2.24) is 9.97 Å². The van der Waals surface area contributed by atoms with E-state index in [1.54, 1.807) is 25.7 Å². The predicted octanol–water partition coefficient (Wildman–Crippen LogP) is 1.64. The quantitative estimate of drug-likeness (QED) is 0.636. The Bertz CT molecular complexity index is 395. The molecule has 0 saturated carbocycles. The first kappa shape index (κ1) is 7.03. The molecule has 3 nitrogen and oxygen atoms in total. The Hall–Kier alpha value is -1.64. The van der Waals surface area contributed by atoms with Gasteiger partial charge in [0, 0.05) is 18.6 Å². The maximum Gasteiger partial charge on any atom is 0.222 e. The highest BCUT2D eigenvalue weighted by Gasteiger charge is 1.99. The monoisotopic (exact) mass is 160 g/mol. The highest BCUT2D eigenvalue weighted by molar-refractivity contribution is 5.85. The molecule has 0 saturated heterocycles. The summed E-state index contributed by atoms with van der Waals surface area (Å²) in [6, 6.07) is 3.86. The normalized spacial score (nSPS) is 10.1. The number of ether oxygens (including phenoxy) is 1. The summed E-state index contributed by atoms with van der Waals surface area (Å²) < 4.78 is 5.08. The zero-order chi connectivity index (χ0) is 8.39. The van der Waals surface area contributed by atoms with Gasteiger partial charge in [0.1, 0.15) is 0 Å². The van der Waals surface area contributed by atoms with Crippen molar-refractivity contribution in [3.05, 3.63) is 30.7 Å². The molecule has 0 aliphatic heterocycles. The molecule has 60 valence electrons. The summed E-state index contributed by atoms with van der Waals surface area (Å²) in [5.41, 5.74) is 0. The summed E-state index contributed by atoms with van der Waals surface area (Å²) >= 11 is 0. The molecule has 2 aromatic rings. The predicted molar refractivity (Wildman–Crippen MR) is 46.1 cm³/mol. The van der Waals surface area contributed by atoms with Gasteiger partial charge in [0.05, 0.1) is 12.5 Å². The number of pyridine rings is 2. The topological polar surface area (TPSA) is 35.0 Å². The van der Waals surface area contributed by atoms with E-state index >= 15 is 0 Å². The van der Waals surface area contributed by atoms with Crippen molar-refractivity contribution >= 4 is 10.8 Å². The number of hydrogen-bond acceptors (Lipinski definition) is 3. The highest BCUT2D eigenvalue weighted by atomic mass is 16.5. The van der Waals surface area contributed by atoms with E-state index in [0.717, 1.165) is 10.8 Å². The molecule has 0 aliphatic rings. The zero-order valence-corrected chi connectivity index (χ0v) is 6.69. The third-order valence-corrected chi connectivity index (χ3v) is 1.72. The molecule has 0 aliphatic carbocycles. The molecule has 0 atom stereocenters. The number of aromatic nitrogens is 2. The third kappa shape index (κ3) is 0.993. The second-order valence-corrected chi connectivity index (χ2v) is 2.42. The van der Waals surface area contributed by atoms with Crippen LogP contribution in [0, 0.1) is 0 Å². The van der Waals surface area contributed by atoms with Gasteiger partial charge in [-0.05, 0) is 17.5 Å². The minimum Gasteiger partial charge on any atom is -0.481 e. The van der Waals surface area contributed by atoms with Crippen LogP contribution in [0.25, 0.3) is 10.8 Å². The third-order valence-electron chi connectivity index (χ3n) is 1.72. The SMILES string of the molecule is COc1nccc2ccncc12. The fraction of sp³-hybridized carbons (Fsp3) is 0.111. The number of nitrogens with zero attached hydrogens (tertiary/aromatic N) is 2. The molecule has 3 heteroatoms. The van der Waals surface area contributed by atoms with Crippen molar-refractivity contribution in [2.75, 3.05) is 7.11 Å². The second kappa shape index (κ2) is 2.77. The summed E-state index contributed by atoms with van der Waals surface area (Å²) in [5.74, 6) is 0.626. The number of rotatable bonds is 1. The Morgan fingerprint density at radius 1 is 1.25 bits per heavy atom. The van der Waals surface area contributed by atoms with Crippen LogP contribution in [0.1, 0.15) is 0 Å². The van der Waals surface area contributed by atoms with Gasteiger partial charge in [-0.25, -0.2) is 4.98 Å². The average Bonchev–Trinajstić information content (AvgIpc) is 2.17. The number of hydrogen-bond donors (Lipinski definition) is 0. The molecule has 0 unspecified atom stereocenters. The first-order valence-corrected chi connectivity index (χ1v) is 3.64. The maximum absolute atomic E-state index is 5.08. The van der Waals surface area contributed by atoms with Crippen LogP contribution in [0.2, 0.25) is 0 Å². The number of methoxy groups -OCH3 is 1. The molecule has 0 aromatic carbocycles. The maximum atomic E-state index is 5.08. The summed E-state index contributed by atoms with van der Waals surface area (Å²) in [4.78, 5) is 8.06. The zero-order valence-electron chi connectivity index (χ0n) is 6.69. The van der Waals surface area contributed by atoms with Crippen LogP contribution in [0.5, 0.6) is 5.88 Å². The van der Waals surface area contributed by atoms with E-state index in [0.29, 0.717) is 5.88 Å². The summed E-state index contributed by atoms with van der Waals surface area (Å²) in [7, 11) is 1.61. The number of fused-ring (bicyclic) bond motifs is 1. The van der Waals surface area contributed by atoms with Crippen LogP contribution in [0.4, 0.5) is 0 Å². The fourth-order valence-electron chi connectivity index (χ4n) is 1.15. The molecule has 0 radical (unpaired) electrons. The van der Waals surface area contributed by atoms with Gasteiger partial charge in [-0.2, -0.15) is 0 Å². The van der Waals surface area contributed by atoms with Gasteiger partial charge in [0.2, 0.25) is 5.88 Å². The molecular formula is C9H8N2O. The van der Waals surface area contributed by atoms with E-state index < -0.39 is 0 Å². The molecule has 0 spiro atoms. The molecule has 0 amide bonds. The van der Waals surface area contributed by atoms with E-state index in [1.165, 1.54) is 0 Å². The van der Waals surface area contributed by atoms with Crippen LogP contribution in [0.15, 0.2) is 30.7 Å². The molecule has 0 fully saturated rings. The minimum absolute atomic E-state index is 0.626. The van der Waals surface area contributed by atoms with Gasteiger partial charge in [-0.3, -0.25) is 4.98 Å². The second-order valence-electron chi connectivity index (χ2n) is 2.42. The first-order valence-electron chi connectivity index (χ1n) is 3.64.